The number of para-hydroxylation sites is 1. The summed E-state index contributed by atoms with van der Waals surface area (Å²) < 4.78 is 5.10. The highest BCUT2D eigenvalue weighted by Crippen LogP contribution is 2.21. The topological polar surface area (TPSA) is 99.4 Å². The molecule has 2 N–H and O–H groups in total. The first-order valence-corrected chi connectivity index (χ1v) is 6.03. The third kappa shape index (κ3) is 5.20. The van der Waals surface area contributed by atoms with Crippen LogP contribution in [0.2, 0.25) is 0 Å². The number of ether oxygens (including phenoxy) is 1. The lowest BCUT2D eigenvalue weighted by molar-refractivity contribution is -0.139. The van der Waals surface area contributed by atoms with Crippen LogP contribution in [0.4, 0.5) is 0 Å². The predicted molar refractivity (Wildman–Crippen MR) is 76.4 cm³/mol. The largest absolute Gasteiger partial charge is 0.481 e. The van der Waals surface area contributed by atoms with Crippen LogP contribution in [0.1, 0.15) is 5.56 Å². The summed E-state index contributed by atoms with van der Waals surface area (Å²) in [6, 6.07) is 8.33. The molecule has 0 saturated heterocycles. The molecule has 1 aromatic rings. The second-order valence-electron chi connectivity index (χ2n) is 3.89. The van der Waals surface area contributed by atoms with E-state index in [1.54, 1.807) is 30.3 Å². The Morgan fingerprint density at radius 1 is 1.43 bits per heavy atom. The van der Waals surface area contributed by atoms with Gasteiger partial charge in [0.05, 0.1) is 0 Å². The van der Waals surface area contributed by atoms with E-state index in [1.807, 2.05) is 0 Å². The van der Waals surface area contributed by atoms with Crippen molar-refractivity contribution in [2.24, 2.45) is 0 Å². The SMILES string of the molecule is C=CCNC(=O)/C(C#N)=C/c1ccccc1OCC(=O)O. The second-order valence-corrected chi connectivity index (χ2v) is 3.89. The Kier molecular flexibility index (Phi) is 6.22. The maximum atomic E-state index is 11.7. The molecule has 1 amide bonds. The molecule has 0 aliphatic rings. The number of nitriles is 1. The highest BCUT2D eigenvalue weighted by Gasteiger charge is 2.10. The highest BCUT2D eigenvalue weighted by atomic mass is 16.5. The maximum absolute atomic E-state index is 11.7. The molecular formula is C15H14N2O4. The van der Waals surface area contributed by atoms with Crippen LogP contribution < -0.4 is 10.1 Å². The van der Waals surface area contributed by atoms with Crippen molar-refractivity contribution in [2.75, 3.05) is 13.2 Å². The Labute approximate surface area is 122 Å². The summed E-state index contributed by atoms with van der Waals surface area (Å²) in [4.78, 5) is 22.3. The number of nitrogens with zero attached hydrogens (tertiary/aromatic N) is 1. The Hall–Kier alpha value is -3.07. The fourth-order valence-corrected chi connectivity index (χ4v) is 1.43. The van der Waals surface area contributed by atoms with Gasteiger partial charge >= 0.3 is 5.97 Å². The molecule has 0 radical (unpaired) electrons. The summed E-state index contributed by atoms with van der Waals surface area (Å²) >= 11 is 0. The van der Waals surface area contributed by atoms with Gasteiger partial charge in [0.2, 0.25) is 0 Å². The third-order valence-corrected chi connectivity index (χ3v) is 2.34. The zero-order chi connectivity index (χ0) is 15.7. The molecule has 0 spiro atoms. The lowest BCUT2D eigenvalue weighted by Crippen LogP contribution is -2.24. The first-order chi connectivity index (χ1) is 10.1. The normalized spacial score (nSPS) is 10.3. The van der Waals surface area contributed by atoms with Crippen molar-refractivity contribution >= 4 is 18.0 Å². The number of carbonyl (C=O) groups is 2. The summed E-state index contributed by atoms with van der Waals surface area (Å²) in [7, 11) is 0. The molecule has 0 atom stereocenters. The maximum Gasteiger partial charge on any atom is 0.341 e. The lowest BCUT2D eigenvalue weighted by atomic mass is 10.1. The minimum absolute atomic E-state index is 0.108. The van der Waals surface area contributed by atoms with Crippen LogP contribution in [0.5, 0.6) is 5.75 Å². The van der Waals surface area contributed by atoms with Gasteiger partial charge in [0.1, 0.15) is 17.4 Å². The van der Waals surface area contributed by atoms with E-state index >= 15 is 0 Å². The van der Waals surface area contributed by atoms with E-state index in [2.05, 4.69) is 11.9 Å². The fraction of sp³-hybridized carbons (Fsp3) is 0.133. The Bertz CT molecular complexity index is 614. The summed E-state index contributed by atoms with van der Waals surface area (Å²) in [5.74, 6) is -1.37. The van der Waals surface area contributed by atoms with Crippen molar-refractivity contribution < 1.29 is 19.4 Å². The van der Waals surface area contributed by atoms with Crippen molar-refractivity contribution in [1.29, 1.82) is 5.26 Å². The standard InChI is InChI=1S/C15H14N2O4/c1-2-7-17-15(20)12(9-16)8-11-5-3-4-6-13(11)21-10-14(18)19/h2-6,8H,1,7,10H2,(H,17,20)(H,18,19)/b12-8+. The van der Waals surface area contributed by atoms with Crippen LogP contribution in [0.25, 0.3) is 6.08 Å². The Morgan fingerprint density at radius 3 is 2.76 bits per heavy atom. The molecule has 0 heterocycles. The molecule has 6 heteroatoms. The highest BCUT2D eigenvalue weighted by molar-refractivity contribution is 6.02. The molecule has 108 valence electrons. The molecule has 0 unspecified atom stereocenters. The number of nitrogens with one attached hydrogen (secondary N) is 1. The molecule has 0 saturated carbocycles. The van der Waals surface area contributed by atoms with E-state index in [0.29, 0.717) is 5.56 Å². The zero-order valence-electron chi connectivity index (χ0n) is 11.2. The van der Waals surface area contributed by atoms with Gasteiger partial charge in [-0.15, -0.1) is 6.58 Å². The number of carboxylic acids is 1. The van der Waals surface area contributed by atoms with E-state index in [9.17, 15) is 9.59 Å². The molecule has 0 bridgehead atoms. The molecule has 0 fully saturated rings. The lowest BCUT2D eigenvalue weighted by Gasteiger charge is -2.07. The predicted octanol–water partition coefficient (Wildman–Crippen LogP) is 1.36. The van der Waals surface area contributed by atoms with E-state index < -0.39 is 18.5 Å². The number of carboxylic acid groups (broad SMARTS) is 1. The van der Waals surface area contributed by atoms with Crippen LogP contribution in [-0.2, 0) is 9.59 Å². The van der Waals surface area contributed by atoms with Gasteiger partial charge in [0, 0.05) is 12.1 Å². The minimum Gasteiger partial charge on any atom is -0.481 e. The average molecular weight is 286 g/mol. The molecule has 0 aliphatic heterocycles. The summed E-state index contributed by atoms with van der Waals surface area (Å²) in [6.07, 6.45) is 2.84. The quantitative estimate of drug-likeness (QED) is 0.448. The third-order valence-electron chi connectivity index (χ3n) is 2.34. The number of hydrogen-bond donors (Lipinski definition) is 2. The second kappa shape index (κ2) is 8.17. The van der Waals surface area contributed by atoms with Gasteiger partial charge in [0.25, 0.3) is 5.91 Å². The molecule has 6 nitrogen and oxygen atoms in total. The smallest absolute Gasteiger partial charge is 0.341 e. The van der Waals surface area contributed by atoms with Crippen molar-refractivity contribution in [2.45, 2.75) is 0 Å². The summed E-state index contributed by atoms with van der Waals surface area (Å²) in [6.45, 7) is 3.20. The van der Waals surface area contributed by atoms with E-state index in [0.717, 1.165) is 0 Å². The van der Waals surface area contributed by atoms with Gasteiger partial charge in [0.15, 0.2) is 6.61 Å². The average Bonchev–Trinajstić information content (AvgIpc) is 2.48. The van der Waals surface area contributed by atoms with E-state index in [1.165, 1.54) is 12.2 Å². The van der Waals surface area contributed by atoms with Crippen molar-refractivity contribution in [1.82, 2.24) is 5.32 Å². The van der Waals surface area contributed by atoms with Gasteiger partial charge < -0.3 is 15.2 Å². The molecule has 0 aromatic heterocycles. The van der Waals surface area contributed by atoms with E-state index in [-0.39, 0.29) is 17.9 Å². The number of hydrogen-bond acceptors (Lipinski definition) is 4. The fourth-order valence-electron chi connectivity index (χ4n) is 1.43. The van der Waals surface area contributed by atoms with Crippen molar-refractivity contribution in [3.8, 4) is 11.8 Å². The van der Waals surface area contributed by atoms with Gasteiger partial charge in [-0.2, -0.15) is 5.26 Å². The van der Waals surface area contributed by atoms with Gasteiger partial charge in [-0.25, -0.2) is 4.79 Å². The van der Waals surface area contributed by atoms with Gasteiger partial charge in [-0.3, -0.25) is 4.79 Å². The van der Waals surface area contributed by atoms with Crippen molar-refractivity contribution in [3.63, 3.8) is 0 Å². The van der Waals surface area contributed by atoms with Gasteiger partial charge in [-0.05, 0) is 12.1 Å². The van der Waals surface area contributed by atoms with Gasteiger partial charge in [-0.1, -0.05) is 24.3 Å². The first kappa shape index (κ1) is 16.0. The molecule has 0 aliphatic carbocycles. The number of carbonyl (C=O) groups excluding carboxylic acids is 1. The molecular weight excluding hydrogens is 272 g/mol. The number of benzene rings is 1. The Morgan fingerprint density at radius 2 is 2.14 bits per heavy atom. The minimum atomic E-state index is -1.11. The first-order valence-electron chi connectivity index (χ1n) is 6.03. The van der Waals surface area contributed by atoms with Crippen molar-refractivity contribution in [3.05, 3.63) is 48.1 Å². The number of amides is 1. The number of aliphatic carboxylic acids is 1. The van der Waals surface area contributed by atoms with Crippen LogP contribution in [0.3, 0.4) is 0 Å². The molecule has 1 rings (SSSR count). The monoisotopic (exact) mass is 286 g/mol. The van der Waals surface area contributed by atoms with Crippen LogP contribution in [0.15, 0.2) is 42.5 Å². The van der Waals surface area contributed by atoms with Crippen LogP contribution >= 0.6 is 0 Å². The summed E-state index contributed by atoms with van der Waals surface area (Å²) in [5, 5.41) is 20.1. The number of rotatable bonds is 7. The zero-order valence-corrected chi connectivity index (χ0v) is 11.2. The van der Waals surface area contributed by atoms with Crippen LogP contribution in [-0.4, -0.2) is 30.1 Å². The molecule has 21 heavy (non-hydrogen) atoms. The summed E-state index contributed by atoms with van der Waals surface area (Å²) in [5.41, 5.74) is 0.340. The van der Waals surface area contributed by atoms with E-state index in [4.69, 9.17) is 15.1 Å². The van der Waals surface area contributed by atoms with Crippen LogP contribution in [0, 0.1) is 11.3 Å². The molecule has 1 aromatic carbocycles. The Balaban J connectivity index is 3.00.